The second-order valence-corrected chi connectivity index (χ2v) is 4.96. The SMILES string of the molecule is COc1ccc(/C=C2/N=C(c3ccccn3)NC2=O)cc1Cl. The van der Waals surface area contributed by atoms with Gasteiger partial charge in [-0.15, -0.1) is 0 Å². The highest BCUT2D eigenvalue weighted by atomic mass is 35.5. The van der Waals surface area contributed by atoms with Crippen LogP contribution in [0.5, 0.6) is 5.75 Å². The molecule has 0 saturated carbocycles. The molecule has 1 aromatic heterocycles. The van der Waals surface area contributed by atoms with Crippen molar-refractivity contribution in [2.45, 2.75) is 0 Å². The Morgan fingerprint density at radius 3 is 2.82 bits per heavy atom. The molecule has 1 aliphatic heterocycles. The summed E-state index contributed by atoms with van der Waals surface area (Å²) >= 11 is 6.08. The molecule has 5 nitrogen and oxygen atoms in total. The van der Waals surface area contributed by atoms with E-state index in [9.17, 15) is 4.79 Å². The number of hydrogen-bond donors (Lipinski definition) is 1. The Bertz CT molecular complexity index is 785. The topological polar surface area (TPSA) is 63.6 Å². The van der Waals surface area contributed by atoms with Gasteiger partial charge in [-0.2, -0.15) is 0 Å². The maximum atomic E-state index is 12.0. The molecule has 22 heavy (non-hydrogen) atoms. The average Bonchev–Trinajstić information content (AvgIpc) is 2.89. The van der Waals surface area contributed by atoms with Gasteiger partial charge in [-0.25, -0.2) is 4.99 Å². The molecule has 0 bridgehead atoms. The molecule has 2 heterocycles. The second-order valence-electron chi connectivity index (χ2n) is 4.55. The smallest absolute Gasteiger partial charge is 0.275 e. The van der Waals surface area contributed by atoms with Gasteiger partial charge in [0, 0.05) is 6.20 Å². The molecule has 0 aliphatic carbocycles. The summed E-state index contributed by atoms with van der Waals surface area (Å²) in [6.45, 7) is 0. The van der Waals surface area contributed by atoms with Crippen molar-refractivity contribution >= 4 is 29.4 Å². The lowest BCUT2D eigenvalue weighted by molar-refractivity contribution is -0.115. The average molecular weight is 314 g/mol. The number of methoxy groups -OCH3 is 1. The number of ether oxygens (including phenoxy) is 1. The molecule has 3 rings (SSSR count). The summed E-state index contributed by atoms with van der Waals surface area (Å²) < 4.78 is 5.10. The molecule has 110 valence electrons. The Hall–Kier alpha value is -2.66. The van der Waals surface area contributed by atoms with Gasteiger partial charge in [-0.05, 0) is 35.9 Å². The molecule has 1 aromatic carbocycles. The van der Waals surface area contributed by atoms with E-state index in [0.717, 1.165) is 5.56 Å². The Morgan fingerprint density at radius 1 is 1.27 bits per heavy atom. The molecular formula is C16H12ClN3O2. The maximum absolute atomic E-state index is 12.0. The first-order valence-corrected chi connectivity index (χ1v) is 6.92. The van der Waals surface area contributed by atoms with Crippen molar-refractivity contribution in [1.29, 1.82) is 0 Å². The molecule has 0 unspecified atom stereocenters. The largest absolute Gasteiger partial charge is 0.495 e. The van der Waals surface area contributed by atoms with Gasteiger partial charge in [0.1, 0.15) is 17.1 Å². The normalized spacial score (nSPS) is 15.6. The lowest BCUT2D eigenvalue weighted by Crippen LogP contribution is -2.25. The fraction of sp³-hybridized carbons (Fsp3) is 0.0625. The van der Waals surface area contributed by atoms with E-state index in [-0.39, 0.29) is 5.91 Å². The molecule has 0 fully saturated rings. The number of rotatable bonds is 3. The Morgan fingerprint density at radius 2 is 2.14 bits per heavy atom. The van der Waals surface area contributed by atoms with Crippen molar-refractivity contribution in [3.63, 3.8) is 0 Å². The van der Waals surface area contributed by atoms with Crippen LogP contribution in [-0.2, 0) is 4.79 Å². The quantitative estimate of drug-likeness (QED) is 0.886. The van der Waals surface area contributed by atoms with Gasteiger partial charge < -0.3 is 10.1 Å². The monoisotopic (exact) mass is 313 g/mol. The van der Waals surface area contributed by atoms with Crippen LogP contribution >= 0.6 is 11.6 Å². The minimum absolute atomic E-state index is 0.271. The van der Waals surface area contributed by atoms with Crippen LogP contribution in [0.3, 0.4) is 0 Å². The van der Waals surface area contributed by atoms with Crippen LogP contribution in [0.1, 0.15) is 11.3 Å². The number of halogens is 1. The highest BCUT2D eigenvalue weighted by Gasteiger charge is 2.21. The third-order valence-corrected chi connectivity index (χ3v) is 3.38. The number of amides is 1. The van der Waals surface area contributed by atoms with Crippen molar-refractivity contribution in [3.8, 4) is 5.75 Å². The minimum atomic E-state index is -0.271. The summed E-state index contributed by atoms with van der Waals surface area (Å²) in [5.74, 6) is 0.751. The highest BCUT2D eigenvalue weighted by Crippen LogP contribution is 2.26. The molecule has 0 spiro atoms. The van der Waals surface area contributed by atoms with E-state index in [1.54, 1.807) is 49.7 Å². The van der Waals surface area contributed by atoms with E-state index in [4.69, 9.17) is 16.3 Å². The summed E-state index contributed by atoms with van der Waals surface area (Å²) in [5.41, 5.74) is 1.69. The Kier molecular flexibility index (Phi) is 3.89. The predicted molar refractivity (Wildman–Crippen MR) is 84.9 cm³/mol. The van der Waals surface area contributed by atoms with E-state index in [2.05, 4.69) is 15.3 Å². The van der Waals surface area contributed by atoms with E-state index in [0.29, 0.717) is 28.0 Å². The molecule has 6 heteroatoms. The van der Waals surface area contributed by atoms with E-state index in [1.165, 1.54) is 0 Å². The number of pyridine rings is 1. The summed E-state index contributed by atoms with van der Waals surface area (Å²) in [4.78, 5) is 20.4. The molecule has 0 saturated heterocycles. The van der Waals surface area contributed by atoms with Gasteiger partial charge in [-0.3, -0.25) is 9.78 Å². The number of nitrogens with zero attached hydrogens (tertiary/aromatic N) is 2. The molecular weight excluding hydrogens is 302 g/mol. The fourth-order valence-electron chi connectivity index (χ4n) is 2.02. The minimum Gasteiger partial charge on any atom is -0.495 e. The maximum Gasteiger partial charge on any atom is 0.275 e. The first kappa shape index (κ1) is 14.3. The molecule has 0 atom stereocenters. The summed E-state index contributed by atoms with van der Waals surface area (Å²) in [6, 6.07) is 10.7. The lowest BCUT2D eigenvalue weighted by Gasteiger charge is -2.03. The van der Waals surface area contributed by atoms with Gasteiger partial charge >= 0.3 is 0 Å². The standard InChI is InChI=1S/C16H12ClN3O2/c1-22-14-6-5-10(8-11(14)17)9-13-16(21)20-15(19-13)12-4-2-3-7-18-12/h2-9H,1H3,(H,19,20,21)/b13-9+. The Labute approximate surface area is 132 Å². The number of benzene rings is 1. The van der Waals surface area contributed by atoms with E-state index >= 15 is 0 Å². The van der Waals surface area contributed by atoms with Crippen molar-refractivity contribution in [2.75, 3.05) is 7.11 Å². The van der Waals surface area contributed by atoms with Crippen LogP contribution in [0, 0.1) is 0 Å². The summed E-state index contributed by atoms with van der Waals surface area (Å²) in [7, 11) is 1.55. The third-order valence-electron chi connectivity index (χ3n) is 3.08. The fourth-order valence-corrected chi connectivity index (χ4v) is 2.29. The summed E-state index contributed by atoms with van der Waals surface area (Å²) in [5, 5.41) is 3.18. The zero-order valence-electron chi connectivity index (χ0n) is 11.7. The van der Waals surface area contributed by atoms with Gasteiger partial charge in [0.15, 0.2) is 5.84 Å². The molecule has 2 aromatic rings. The number of aliphatic imine (C=N–C) groups is 1. The van der Waals surface area contributed by atoms with E-state index < -0.39 is 0 Å². The van der Waals surface area contributed by atoms with Crippen LogP contribution < -0.4 is 10.1 Å². The number of aromatic nitrogens is 1. The van der Waals surface area contributed by atoms with Gasteiger partial charge in [-0.1, -0.05) is 23.7 Å². The lowest BCUT2D eigenvalue weighted by atomic mass is 10.2. The Balaban J connectivity index is 1.92. The van der Waals surface area contributed by atoms with Crippen LogP contribution in [0.15, 0.2) is 53.3 Å². The number of carbonyl (C=O) groups is 1. The molecule has 1 amide bonds. The van der Waals surface area contributed by atoms with Gasteiger partial charge in [0.2, 0.25) is 0 Å². The highest BCUT2D eigenvalue weighted by molar-refractivity contribution is 6.32. The van der Waals surface area contributed by atoms with Crippen molar-refractivity contribution in [1.82, 2.24) is 10.3 Å². The van der Waals surface area contributed by atoms with Gasteiger partial charge in [0.25, 0.3) is 5.91 Å². The molecule has 1 N–H and O–H groups in total. The number of amidine groups is 1. The van der Waals surface area contributed by atoms with Crippen LogP contribution in [0.4, 0.5) is 0 Å². The van der Waals surface area contributed by atoms with E-state index in [1.807, 2.05) is 6.07 Å². The predicted octanol–water partition coefficient (Wildman–Crippen LogP) is 2.66. The number of nitrogens with one attached hydrogen (secondary N) is 1. The molecule has 1 aliphatic rings. The molecule has 0 radical (unpaired) electrons. The van der Waals surface area contributed by atoms with Crippen LogP contribution in [-0.4, -0.2) is 23.8 Å². The number of carbonyl (C=O) groups excluding carboxylic acids is 1. The zero-order chi connectivity index (χ0) is 15.5. The second kappa shape index (κ2) is 5.99. The zero-order valence-corrected chi connectivity index (χ0v) is 12.5. The van der Waals surface area contributed by atoms with Crippen molar-refractivity contribution in [3.05, 3.63) is 64.6 Å². The first-order valence-electron chi connectivity index (χ1n) is 6.54. The first-order chi connectivity index (χ1) is 10.7. The van der Waals surface area contributed by atoms with Crippen molar-refractivity contribution in [2.24, 2.45) is 4.99 Å². The van der Waals surface area contributed by atoms with Gasteiger partial charge in [0.05, 0.1) is 12.1 Å². The third kappa shape index (κ3) is 2.84. The van der Waals surface area contributed by atoms with Crippen LogP contribution in [0.2, 0.25) is 5.02 Å². The van der Waals surface area contributed by atoms with Crippen LogP contribution in [0.25, 0.3) is 6.08 Å². The number of hydrogen-bond acceptors (Lipinski definition) is 4. The van der Waals surface area contributed by atoms with Crippen molar-refractivity contribution < 1.29 is 9.53 Å². The summed E-state index contributed by atoms with van der Waals surface area (Å²) in [6.07, 6.45) is 3.31.